The number of nitrogens with two attached hydrogens (primary N) is 1. The van der Waals surface area contributed by atoms with Crippen molar-refractivity contribution in [2.45, 2.75) is 89.8 Å². The van der Waals surface area contributed by atoms with Gasteiger partial charge in [-0.05, 0) is 87.7 Å². The molecule has 3 amide bonds. The van der Waals surface area contributed by atoms with Crippen molar-refractivity contribution in [3.63, 3.8) is 0 Å². The van der Waals surface area contributed by atoms with Crippen LogP contribution in [0.4, 0.5) is 4.79 Å². The molecule has 6 rings (SSSR count). The van der Waals surface area contributed by atoms with Crippen LogP contribution in [0.2, 0.25) is 0 Å². The Hall–Kier alpha value is -3.82. The number of carbonyl (C=O) groups is 3. The maximum absolute atomic E-state index is 13.7. The number of aryl methyl sites for hydroxylation is 1. The summed E-state index contributed by atoms with van der Waals surface area (Å²) < 4.78 is 13.3. The summed E-state index contributed by atoms with van der Waals surface area (Å²) in [6, 6.07) is 9.92. The number of hydrogen-bond acceptors (Lipinski definition) is 6. The van der Waals surface area contributed by atoms with Crippen LogP contribution in [0.25, 0.3) is 6.20 Å². The van der Waals surface area contributed by atoms with Gasteiger partial charge in [0.15, 0.2) is 0 Å². The molecule has 232 valence electrons. The van der Waals surface area contributed by atoms with Crippen molar-refractivity contribution >= 4 is 24.1 Å². The Bertz CT molecular complexity index is 1330. The lowest BCUT2D eigenvalue weighted by Gasteiger charge is -2.58. The predicted molar refractivity (Wildman–Crippen MR) is 163 cm³/mol. The van der Waals surface area contributed by atoms with Crippen LogP contribution in [0.3, 0.4) is 0 Å². The SMILES string of the molecule is CC(C)COc1c(C(=O)N[C@H]2C3CC4CC2C[C@@](OC(N)=O)(C4)C3)cnn1/C=C/C(C)(C)NC(=O)CCc1ccccc1. The number of nitrogens with zero attached hydrogens (tertiary/aromatic N) is 2. The van der Waals surface area contributed by atoms with Crippen LogP contribution < -0.4 is 21.1 Å². The summed E-state index contributed by atoms with van der Waals surface area (Å²) in [4.78, 5) is 38.0. The number of benzene rings is 1. The topological polar surface area (TPSA) is 138 Å². The average molecular weight is 592 g/mol. The van der Waals surface area contributed by atoms with E-state index in [-0.39, 0.29) is 35.6 Å². The van der Waals surface area contributed by atoms with Crippen molar-refractivity contribution in [3.8, 4) is 5.88 Å². The largest absolute Gasteiger partial charge is 0.477 e. The van der Waals surface area contributed by atoms with Crippen molar-refractivity contribution in [2.75, 3.05) is 6.61 Å². The molecule has 10 heteroatoms. The summed E-state index contributed by atoms with van der Waals surface area (Å²) in [5, 5.41) is 10.8. The monoisotopic (exact) mass is 591 g/mol. The van der Waals surface area contributed by atoms with Crippen molar-refractivity contribution in [1.29, 1.82) is 0 Å². The van der Waals surface area contributed by atoms with Gasteiger partial charge < -0.3 is 25.8 Å². The highest BCUT2D eigenvalue weighted by Crippen LogP contribution is 2.57. The molecule has 1 aromatic heterocycles. The highest BCUT2D eigenvalue weighted by atomic mass is 16.6. The van der Waals surface area contributed by atoms with Gasteiger partial charge in [-0.2, -0.15) is 5.10 Å². The summed E-state index contributed by atoms with van der Waals surface area (Å²) in [5.74, 6) is 1.29. The fraction of sp³-hybridized carbons (Fsp3) is 0.576. The fourth-order valence-electron chi connectivity index (χ4n) is 7.38. The first-order valence-electron chi connectivity index (χ1n) is 15.5. The Morgan fingerprint density at radius 2 is 1.84 bits per heavy atom. The van der Waals surface area contributed by atoms with Crippen LogP contribution >= 0.6 is 0 Å². The highest BCUT2D eigenvalue weighted by molar-refractivity contribution is 5.96. The van der Waals surface area contributed by atoms with Gasteiger partial charge in [0.25, 0.3) is 5.91 Å². The molecule has 0 saturated heterocycles. The molecule has 4 N–H and O–H groups in total. The molecule has 1 heterocycles. The van der Waals surface area contributed by atoms with E-state index in [0.29, 0.717) is 36.8 Å². The van der Waals surface area contributed by atoms with E-state index in [1.54, 1.807) is 10.9 Å². The second-order valence-corrected chi connectivity index (χ2v) is 13.7. The number of hydrogen-bond donors (Lipinski definition) is 3. The van der Waals surface area contributed by atoms with E-state index in [2.05, 4.69) is 15.7 Å². The minimum absolute atomic E-state index is 0.00414. The third-order valence-corrected chi connectivity index (χ3v) is 8.96. The third kappa shape index (κ3) is 7.40. The van der Waals surface area contributed by atoms with Crippen molar-refractivity contribution in [1.82, 2.24) is 20.4 Å². The van der Waals surface area contributed by atoms with Gasteiger partial charge in [-0.3, -0.25) is 9.59 Å². The Balaban J connectivity index is 1.26. The molecule has 43 heavy (non-hydrogen) atoms. The molecular weight excluding hydrogens is 546 g/mol. The first kappa shape index (κ1) is 30.6. The number of aromatic nitrogens is 2. The second kappa shape index (κ2) is 12.4. The van der Waals surface area contributed by atoms with Gasteiger partial charge in [-0.15, -0.1) is 0 Å². The summed E-state index contributed by atoms with van der Waals surface area (Å²) in [6.07, 6.45) is 9.77. The van der Waals surface area contributed by atoms with Crippen LogP contribution in [0.15, 0.2) is 42.6 Å². The van der Waals surface area contributed by atoms with Crippen LogP contribution in [-0.2, 0) is 16.0 Å². The predicted octanol–water partition coefficient (Wildman–Crippen LogP) is 4.69. The second-order valence-electron chi connectivity index (χ2n) is 13.7. The zero-order valence-corrected chi connectivity index (χ0v) is 25.7. The maximum atomic E-state index is 13.7. The molecule has 10 nitrogen and oxygen atoms in total. The molecule has 0 radical (unpaired) electrons. The summed E-state index contributed by atoms with van der Waals surface area (Å²) in [7, 11) is 0. The Labute approximate surface area is 253 Å². The fourth-order valence-corrected chi connectivity index (χ4v) is 7.38. The number of rotatable bonds is 12. The molecule has 0 spiro atoms. The lowest BCUT2D eigenvalue weighted by Crippen LogP contribution is -2.63. The molecule has 4 aliphatic carbocycles. The number of primary amides is 1. The summed E-state index contributed by atoms with van der Waals surface area (Å²) in [6.45, 7) is 8.34. The zero-order valence-electron chi connectivity index (χ0n) is 25.7. The van der Waals surface area contributed by atoms with E-state index in [1.807, 2.05) is 64.1 Å². The van der Waals surface area contributed by atoms with Gasteiger partial charge in [-0.1, -0.05) is 44.2 Å². The number of amides is 3. The smallest absolute Gasteiger partial charge is 0.405 e. The average Bonchev–Trinajstić information content (AvgIpc) is 3.34. The van der Waals surface area contributed by atoms with Gasteiger partial charge in [0.05, 0.1) is 18.3 Å². The highest BCUT2D eigenvalue weighted by Gasteiger charge is 2.57. The van der Waals surface area contributed by atoms with Crippen LogP contribution in [0.5, 0.6) is 5.88 Å². The maximum Gasteiger partial charge on any atom is 0.405 e. The molecule has 2 aromatic rings. The van der Waals surface area contributed by atoms with Crippen molar-refractivity contribution in [3.05, 3.63) is 53.7 Å². The summed E-state index contributed by atoms with van der Waals surface area (Å²) >= 11 is 0. The molecule has 0 aliphatic heterocycles. The molecular formula is C33H45N5O5. The van der Waals surface area contributed by atoms with E-state index in [4.69, 9.17) is 15.2 Å². The Morgan fingerprint density at radius 1 is 1.14 bits per heavy atom. The Morgan fingerprint density at radius 3 is 2.49 bits per heavy atom. The van der Waals surface area contributed by atoms with Crippen LogP contribution in [0.1, 0.15) is 82.1 Å². The number of nitrogens with one attached hydrogen (secondary N) is 2. The van der Waals surface area contributed by atoms with E-state index in [0.717, 1.165) is 37.7 Å². The van der Waals surface area contributed by atoms with Crippen LogP contribution in [-0.4, -0.2) is 51.5 Å². The summed E-state index contributed by atoms with van der Waals surface area (Å²) in [5.41, 5.74) is 5.75. The van der Waals surface area contributed by atoms with E-state index in [9.17, 15) is 14.4 Å². The number of ether oxygens (including phenoxy) is 2. The normalized spacial score (nSPS) is 26.1. The first-order chi connectivity index (χ1) is 20.4. The van der Waals surface area contributed by atoms with Gasteiger partial charge in [0.1, 0.15) is 11.2 Å². The molecule has 2 atom stereocenters. The van der Waals surface area contributed by atoms with Gasteiger partial charge >= 0.3 is 6.09 Å². The van der Waals surface area contributed by atoms with E-state index in [1.165, 1.54) is 6.20 Å². The number of carbonyl (C=O) groups excluding carboxylic acids is 3. The molecule has 4 aliphatic rings. The van der Waals surface area contributed by atoms with Crippen LogP contribution in [0, 0.1) is 23.7 Å². The molecule has 2 unspecified atom stereocenters. The van der Waals surface area contributed by atoms with Gasteiger partial charge in [0, 0.05) is 18.7 Å². The lowest BCUT2D eigenvalue weighted by atomic mass is 9.52. The quantitative estimate of drug-likeness (QED) is 0.328. The van der Waals surface area contributed by atoms with Gasteiger partial charge in [-0.25, -0.2) is 9.48 Å². The standard InChI is InChI=1S/C33H45N5O5/c1-21(2)20-42-30-26(29(40)36-28-24-14-23-15-25(28)18-33(16-23,17-24)43-31(34)41)19-35-38(30)13-12-32(3,4)37-27(39)11-10-22-8-6-5-7-9-22/h5-9,12-13,19,21,23-25,28H,10-11,14-18,20H2,1-4H3,(H2,34,41)(H,36,40)(H,37,39)/b13-12+/t23?,24?,25?,28-,33+. The van der Waals surface area contributed by atoms with Crippen molar-refractivity contribution < 1.29 is 23.9 Å². The molecule has 4 bridgehead atoms. The first-order valence-corrected chi connectivity index (χ1v) is 15.5. The minimum atomic E-state index is -0.718. The zero-order chi connectivity index (χ0) is 30.8. The third-order valence-electron chi connectivity index (χ3n) is 8.96. The molecule has 4 fully saturated rings. The lowest BCUT2D eigenvalue weighted by molar-refractivity contribution is -0.137. The minimum Gasteiger partial charge on any atom is -0.477 e. The van der Waals surface area contributed by atoms with Gasteiger partial charge in [0.2, 0.25) is 11.8 Å². The van der Waals surface area contributed by atoms with E-state index < -0.39 is 17.2 Å². The Kier molecular flexibility index (Phi) is 8.85. The molecule has 1 aromatic carbocycles. The van der Waals surface area contributed by atoms with E-state index >= 15 is 0 Å². The van der Waals surface area contributed by atoms with Crippen molar-refractivity contribution in [2.24, 2.45) is 29.4 Å². The molecule has 4 saturated carbocycles.